The Labute approximate surface area is 210 Å². The first-order valence-electron chi connectivity index (χ1n) is 11.8. The van der Waals surface area contributed by atoms with Gasteiger partial charge in [-0.3, -0.25) is 4.99 Å². The van der Waals surface area contributed by atoms with Gasteiger partial charge in [-0.2, -0.15) is 0 Å². The lowest BCUT2D eigenvalue weighted by Gasteiger charge is -2.37. The van der Waals surface area contributed by atoms with Gasteiger partial charge in [-0.1, -0.05) is 43.1 Å². The number of guanidine groups is 1. The molecule has 2 fully saturated rings. The number of halogens is 2. The largest absolute Gasteiger partial charge is 0.381 e. The number of ether oxygens (including phenoxy) is 1. The first-order chi connectivity index (χ1) is 14.7. The topological polar surface area (TPSA) is 48.9 Å². The van der Waals surface area contributed by atoms with Crippen LogP contribution in [0, 0.1) is 0 Å². The second-order valence-electron chi connectivity index (χ2n) is 8.68. The van der Waals surface area contributed by atoms with Crippen molar-refractivity contribution in [1.29, 1.82) is 0 Å². The summed E-state index contributed by atoms with van der Waals surface area (Å²) in [6.45, 7) is 11.1. The van der Waals surface area contributed by atoms with Gasteiger partial charge in [0.2, 0.25) is 0 Å². The molecular formula is C24H40ClIN4O. The number of hydrogen-bond donors (Lipinski definition) is 2. The minimum atomic E-state index is -0.0531. The maximum absolute atomic E-state index is 6.60. The molecule has 0 aliphatic carbocycles. The predicted octanol–water partition coefficient (Wildman–Crippen LogP) is 4.83. The summed E-state index contributed by atoms with van der Waals surface area (Å²) in [6, 6.07) is 8.73. The number of unbranched alkanes of at least 4 members (excludes halogenated alkanes) is 1. The molecule has 176 valence electrons. The Balaban J connectivity index is 0.00000341. The van der Waals surface area contributed by atoms with E-state index in [1.54, 1.807) is 0 Å². The van der Waals surface area contributed by atoms with Crippen molar-refractivity contribution in [2.45, 2.75) is 63.8 Å². The Morgan fingerprint density at radius 3 is 2.55 bits per heavy atom. The van der Waals surface area contributed by atoms with Crippen LogP contribution in [0.5, 0.6) is 0 Å². The van der Waals surface area contributed by atoms with Crippen LogP contribution in [0.3, 0.4) is 0 Å². The van der Waals surface area contributed by atoms with Crippen molar-refractivity contribution in [1.82, 2.24) is 15.5 Å². The molecular weight excluding hydrogens is 523 g/mol. The van der Waals surface area contributed by atoms with Crippen molar-refractivity contribution in [3.05, 3.63) is 34.9 Å². The van der Waals surface area contributed by atoms with Gasteiger partial charge in [-0.05, 0) is 57.2 Å². The molecule has 5 nitrogen and oxygen atoms in total. The molecule has 0 spiro atoms. The van der Waals surface area contributed by atoms with Gasteiger partial charge in [-0.15, -0.1) is 24.0 Å². The highest BCUT2D eigenvalue weighted by atomic mass is 127. The molecule has 2 N–H and O–H groups in total. The highest BCUT2D eigenvalue weighted by Gasteiger charge is 2.36. The van der Waals surface area contributed by atoms with Crippen LogP contribution in [0.25, 0.3) is 0 Å². The molecule has 0 aromatic heterocycles. The Morgan fingerprint density at radius 2 is 1.90 bits per heavy atom. The number of aliphatic imine (C=N–C) groups is 1. The van der Waals surface area contributed by atoms with E-state index in [0.29, 0.717) is 6.04 Å². The average molecular weight is 563 g/mol. The molecule has 2 aliphatic rings. The summed E-state index contributed by atoms with van der Waals surface area (Å²) >= 11 is 6.60. The van der Waals surface area contributed by atoms with E-state index in [2.05, 4.69) is 41.5 Å². The molecule has 2 heterocycles. The molecule has 0 unspecified atom stereocenters. The van der Waals surface area contributed by atoms with E-state index in [-0.39, 0.29) is 29.4 Å². The smallest absolute Gasteiger partial charge is 0.191 e. The minimum absolute atomic E-state index is 0. The van der Waals surface area contributed by atoms with E-state index in [1.165, 1.54) is 50.9 Å². The Kier molecular flexibility index (Phi) is 11.9. The number of nitrogens with one attached hydrogen (secondary N) is 2. The van der Waals surface area contributed by atoms with Crippen LogP contribution in [-0.2, 0) is 10.2 Å². The van der Waals surface area contributed by atoms with Crippen LogP contribution in [-0.4, -0.2) is 62.8 Å². The van der Waals surface area contributed by atoms with Gasteiger partial charge in [0.1, 0.15) is 0 Å². The zero-order valence-corrected chi connectivity index (χ0v) is 22.3. The third-order valence-electron chi connectivity index (χ3n) is 6.54. The molecule has 0 atom stereocenters. The molecule has 0 amide bonds. The number of likely N-dealkylation sites (tertiary alicyclic amines) is 1. The van der Waals surface area contributed by atoms with Gasteiger partial charge in [0, 0.05) is 49.3 Å². The van der Waals surface area contributed by atoms with E-state index in [1.807, 2.05) is 12.1 Å². The second kappa shape index (κ2) is 13.9. The van der Waals surface area contributed by atoms with Gasteiger partial charge in [0.15, 0.2) is 5.96 Å². The Hall–Kier alpha value is -0.570. The SMILES string of the molecule is CCCCN1CCC(NC(=NCC2(c3ccccc3Cl)CCOCC2)NCC)CC1.I. The molecule has 1 aromatic carbocycles. The van der Waals surface area contributed by atoms with E-state index in [9.17, 15) is 0 Å². The number of piperidine rings is 1. The van der Waals surface area contributed by atoms with Gasteiger partial charge < -0.3 is 20.3 Å². The van der Waals surface area contributed by atoms with Crippen LogP contribution < -0.4 is 10.6 Å². The molecule has 3 rings (SSSR count). The van der Waals surface area contributed by atoms with Gasteiger partial charge in [0.25, 0.3) is 0 Å². The van der Waals surface area contributed by atoms with Crippen molar-refractivity contribution in [2.24, 2.45) is 4.99 Å². The van der Waals surface area contributed by atoms with E-state index >= 15 is 0 Å². The summed E-state index contributed by atoms with van der Waals surface area (Å²) in [6.07, 6.45) is 6.84. The van der Waals surface area contributed by atoms with Crippen molar-refractivity contribution in [3.63, 3.8) is 0 Å². The van der Waals surface area contributed by atoms with Gasteiger partial charge >= 0.3 is 0 Å². The predicted molar refractivity (Wildman–Crippen MR) is 142 cm³/mol. The zero-order chi connectivity index (χ0) is 21.2. The minimum Gasteiger partial charge on any atom is -0.381 e. The van der Waals surface area contributed by atoms with Crippen molar-refractivity contribution < 1.29 is 4.74 Å². The Bertz CT molecular complexity index is 673. The second-order valence-corrected chi connectivity index (χ2v) is 9.09. The van der Waals surface area contributed by atoms with Crippen molar-refractivity contribution in [2.75, 3.05) is 45.9 Å². The maximum atomic E-state index is 6.60. The third-order valence-corrected chi connectivity index (χ3v) is 6.87. The number of benzene rings is 1. The maximum Gasteiger partial charge on any atom is 0.191 e. The fraction of sp³-hybridized carbons (Fsp3) is 0.708. The normalized spacial score (nSPS) is 20.2. The fourth-order valence-electron chi connectivity index (χ4n) is 4.59. The summed E-state index contributed by atoms with van der Waals surface area (Å²) in [4.78, 5) is 7.65. The summed E-state index contributed by atoms with van der Waals surface area (Å²) in [5.41, 5.74) is 1.15. The summed E-state index contributed by atoms with van der Waals surface area (Å²) in [5.74, 6) is 0.933. The van der Waals surface area contributed by atoms with Gasteiger partial charge in [-0.25, -0.2) is 0 Å². The zero-order valence-electron chi connectivity index (χ0n) is 19.2. The van der Waals surface area contributed by atoms with Crippen LogP contribution >= 0.6 is 35.6 Å². The summed E-state index contributed by atoms with van der Waals surface area (Å²) in [5, 5.41) is 8.00. The number of rotatable bonds is 8. The molecule has 31 heavy (non-hydrogen) atoms. The molecule has 2 aliphatic heterocycles. The monoisotopic (exact) mass is 562 g/mol. The molecule has 0 radical (unpaired) electrons. The third kappa shape index (κ3) is 7.76. The van der Waals surface area contributed by atoms with Crippen LogP contribution in [0.4, 0.5) is 0 Å². The molecule has 1 aromatic rings. The lowest BCUT2D eigenvalue weighted by Crippen LogP contribution is -2.49. The standard InChI is InChI=1S/C24H39ClN4O.HI/c1-3-5-14-29-15-10-20(11-16-29)28-23(26-4-2)27-19-24(12-17-30-18-13-24)21-8-6-7-9-22(21)25;/h6-9,20H,3-5,10-19H2,1-2H3,(H2,26,27,28);1H. The van der Waals surface area contributed by atoms with E-state index in [0.717, 1.165) is 50.1 Å². The lowest BCUT2D eigenvalue weighted by molar-refractivity contribution is 0.0531. The van der Waals surface area contributed by atoms with Crippen LogP contribution in [0.1, 0.15) is 57.9 Å². The molecule has 0 saturated carbocycles. The fourth-order valence-corrected chi connectivity index (χ4v) is 4.93. The van der Waals surface area contributed by atoms with E-state index < -0.39 is 0 Å². The van der Waals surface area contributed by atoms with Gasteiger partial charge in [0.05, 0.1) is 6.54 Å². The summed E-state index contributed by atoms with van der Waals surface area (Å²) in [7, 11) is 0. The molecule has 7 heteroatoms. The number of hydrogen-bond acceptors (Lipinski definition) is 3. The van der Waals surface area contributed by atoms with Crippen molar-refractivity contribution >= 4 is 41.5 Å². The lowest BCUT2D eigenvalue weighted by atomic mass is 9.74. The molecule has 2 saturated heterocycles. The highest BCUT2D eigenvalue weighted by Crippen LogP contribution is 2.38. The first-order valence-corrected chi connectivity index (χ1v) is 12.1. The Morgan fingerprint density at radius 1 is 1.19 bits per heavy atom. The quantitative estimate of drug-likeness (QED) is 0.271. The first kappa shape index (κ1) is 26.7. The number of nitrogens with zero attached hydrogens (tertiary/aromatic N) is 2. The van der Waals surface area contributed by atoms with Crippen molar-refractivity contribution in [3.8, 4) is 0 Å². The van der Waals surface area contributed by atoms with E-state index in [4.69, 9.17) is 21.3 Å². The van der Waals surface area contributed by atoms with Crippen LogP contribution in [0.15, 0.2) is 29.3 Å². The van der Waals surface area contributed by atoms with Crippen LogP contribution in [0.2, 0.25) is 5.02 Å². The highest BCUT2D eigenvalue weighted by molar-refractivity contribution is 14.0. The molecule has 0 bridgehead atoms. The summed E-state index contributed by atoms with van der Waals surface area (Å²) < 4.78 is 5.67. The average Bonchev–Trinajstić information content (AvgIpc) is 2.78.